The molecule has 1 aromatic rings. The van der Waals surface area contributed by atoms with Crippen molar-refractivity contribution in [2.24, 2.45) is 0 Å². The normalized spacial score (nSPS) is 12.5. The first-order valence-electron chi connectivity index (χ1n) is 5.22. The minimum atomic E-state index is 0.335. The van der Waals surface area contributed by atoms with Gasteiger partial charge in [0.25, 0.3) is 0 Å². The van der Waals surface area contributed by atoms with E-state index < -0.39 is 0 Å². The number of hydrogen-bond acceptors (Lipinski definition) is 1. The van der Waals surface area contributed by atoms with E-state index in [1.807, 2.05) is 12.1 Å². The number of benzene rings is 1. The second-order valence-electron chi connectivity index (χ2n) is 3.81. The third kappa shape index (κ3) is 2.85. The molecule has 1 rings (SSSR count). The molecule has 0 spiro atoms. The van der Waals surface area contributed by atoms with E-state index in [2.05, 4.69) is 42.4 Å². The van der Waals surface area contributed by atoms with Crippen molar-refractivity contribution in [3.63, 3.8) is 0 Å². The maximum Gasteiger partial charge on any atom is 0.133 e. The Morgan fingerprint density at radius 3 is 2.73 bits per heavy atom. The van der Waals surface area contributed by atoms with Crippen LogP contribution in [0.4, 0.5) is 0 Å². The highest BCUT2D eigenvalue weighted by Crippen LogP contribution is 2.33. The predicted octanol–water partition coefficient (Wildman–Crippen LogP) is 4.40. The van der Waals surface area contributed by atoms with Crippen molar-refractivity contribution in [3.05, 3.63) is 40.4 Å². The van der Waals surface area contributed by atoms with Gasteiger partial charge in [-0.05, 0) is 51.9 Å². The van der Waals surface area contributed by atoms with Crippen LogP contribution in [0.25, 0.3) is 0 Å². The molecular weight excluding hydrogens is 252 g/mol. The Kier molecular flexibility index (Phi) is 4.40. The smallest absolute Gasteiger partial charge is 0.133 e. The lowest BCUT2D eigenvalue weighted by atomic mass is 9.95. The third-order valence-corrected chi connectivity index (χ3v) is 3.31. The number of halogens is 1. The molecule has 0 bridgehead atoms. The Morgan fingerprint density at radius 1 is 1.53 bits per heavy atom. The van der Waals surface area contributed by atoms with E-state index in [4.69, 9.17) is 0 Å². The lowest BCUT2D eigenvalue weighted by molar-refractivity contribution is 0.465. The van der Waals surface area contributed by atoms with Gasteiger partial charge < -0.3 is 5.11 Å². The van der Waals surface area contributed by atoms with Crippen LogP contribution in [0, 0.1) is 0 Å². The van der Waals surface area contributed by atoms with Crippen LogP contribution in [0.3, 0.4) is 0 Å². The van der Waals surface area contributed by atoms with E-state index in [1.165, 1.54) is 5.56 Å². The molecule has 1 nitrogen and oxygen atoms in total. The number of hydrogen-bond donors (Lipinski definition) is 1. The van der Waals surface area contributed by atoms with Crippen LogP contribution in [-0.4, -0.2) is 5.11 Å². The van der Waals surface area contributed by atoms with E-state index in [0.29, 0.717) is 18.1 Å². The Morgan fingerprint density at radius 2 is 2.20 bits per heavy atom. The molecule has 15 heavy (non-hydrogen) atoms. The van der Waals surface area contributed by atoms with E-state index in [-0.39, 0.29) is 0 Å². The highest BCUT2D eigenvalue weighted by atomic mass is 79.9. The van der Waals surface area contributed by atoms with Crippen LogP contribution in [0.5, 0.6) is 5.75 Å². The monoisotopic (exact) mass is 268 g/mol. The highest BCUT2D eigenvalue weighted by molar-refractivity contribution is 9.10. The summed E-state index contributed by atoms with van der Waals surface area (Å²) >= 11 is 3.38. The van der Waals surface area contributed by atoms with Crippen molar-refractivity contribution < 1.29 is 5.11 Å². The average molecular weight is 269 g/mol. The van der Waals surface area contributed by atoms with Crippen molar-refractivity contribution in [2.75, 3.05) is 0 Å². The van der Waals surface area contributed by atoms with Gasteiger partial charge in [-0.2, -0.15) is 0 Å². The van der Waals surface area contributed by atoms with Crippen molar-refractivity contribution >= 4 is 15.9 Å². The van der Waals surface area contributed by atoms with Gasteiger partial charge in [0.05, 0.1) is 4.47 Å². The third-order valence-electron chi connectivity index (χ3n) is 2.71. The summed E-state index contributed by atoms with van der Waals surface area (Å²) in [5.74, 6) is 0.854. The molecule has 0 aliphatic heterocycles. The molecule has 0 aliphatic rings. The molecule has 2 heteroatoms. The fourth-order valence-corrected chi connectivity index (χ4v) is 2.03. The zero-order valence-corrected chi connectivity index (χ0v) is 10.8. The van der Waals surface area contributed by atoms with Crippen molar-refractivity contribution in [3.8, 4) is 5.75 Å². The first-order valence-corrected chi connectivity index (χ1v) is 6.01. The van der Waals surface area contributed by atoms with E-state index >= 15 is 0 Å². The molecule has 1 aromatic carbocycles. The molecular formula is C13H17BrO. The molecule has 0 heterocycles. The summed E-state index contributed by atoms with van der Waals surface area (Å²) in [5.41, 5.74) is 2.20. The minimum absolute atomic E-state index is 0.335. The second-order valence-corrected chi connectivity index (χ2v) is 4.67. The largest absolute Gasteiger partial charge is 0.506 e. The molecule has 0 aromatic heterocycles. The van der Waals surface area contributed by atoms with Crippen LogP contribution in [0.15, 0.2) is 29.3 Å². The summed E-state index contributed by atoms with van der Waals surface area (Å²) in [6.07, 6.45) is 3.61. The molecule has 0 fully saturated rings. The molecule has 0 aliphatic carbocycles. The van der Waals surface area contributed by atoms with Gasteiger partial charge in [0.1, 0.15) is 5.75 Å². The quantitative estimate of drug-likeness (QED) is 0.803. The predicted molar refractivity (Wildman–Crippen MR) is 68.4 cm³/mol. The SMILES string of the molecule is C=CCc1cc(C(C)CC)cc(Br)c1O. The van der Waals surface area contributed by atoms with Gasteiger partial charge >= 0.3 is 0 Å². The fraction of sp³-hybridized carbons (Fsp3) is 0.385. The average Bonchev–Trinajstić information content (AvgIpc) is 2.23. The molecule has 82 valence electrons. The maximum atomic E-state index is 9.81. The van der Waals surface area contributed by atoms with Gasteiger partial charge in [-0.1, -0.05) is 26.0 Å². The fourth-order valence-electron chi connectivity index (χ4n) is 1.51. The van der Waals surface area contributed by atoms with Gasteiger partial charge in [0, 0.05) is 0 Å². The molecule has 1 N–H and O–H groups in total. The molecule has 0 radical (unpaired) electrons. The standard InChI is InChI=1S/C13H17BrO/c1-4-6-10-7-11(9(3)5-2)8-12(14)13(10)15/h4,7-9,15H,1,5-6H2,2-3H3. The van der Waals surface area contributed by atoms with Crippen LogP contribution < -0.4 is 0 Å². The van der Waals surface area contributed by atoms with Gasteiger partial charge in [-0.25, -0.2) is 0 Å². The molecule has 1 unspecified atom stereocenters. The van der Waals surface area contributed by atoms with Crippen LogP contribution in [0.1, 0.15) is 37.3 Å². The van der Waals surface area contributed by atoms with Gasteiger partial charge in [0.2, 0.25) is 0 Å². The van der Waals surface area contributed by atoms with Crippen LogP contribution in [-0.2, 0) is 6.42 Å². The zero-order chi connectivity index (χ0) is 11.4. The number of rotatable bonds is 4. The topological polar surface area (TPSA) is 20.2 Å². The number of phenolic OH excluding ortho intramolecular Hbond substituents is 1. The summed E-state index contributed by atoms with van der Waals surface area (Å²) in [4.78, 5) is 0. The Balaban J connectivity index is 3.16. The lowest BCUT2D eigenvalue weighted by Gasteiger charge is -2.13. The Hall–Kier alpha value is -0.760. The number of allylic oxidation sites excluding steroid dienone is 1. The Labute approximate surface area is 100.0 Å². The summed E-state index contributed by atoms with van der Waals surface area (Å²) in [5, 5.41) is 9.81. The van der Waals surface area contributed by atoms with E-state index in [1.54, 1.807) is 0 Å². The minimum Gasteiger partial charge on any atom is -0.506 e. The summed E-state index contributed by atoms with van der Waals surface area (Å²) < 4.78 is 0.775. The van der Waals surface area contributed by atoms with Gasteiger partial charge in [0.15, 0.2) is 0 Å². The summed E-state index contributed by atoms with van der Waals surface area (Å²) in [7, 11) is 0. The molecule has 0 amide bonds. The van der Waals surface area contributed by atoms with E-state index in [9.17, 15) is 5.11 Å². The van der Waals surface area contributed by atoms with E-state index in [0.717, 1.165) is 16.5 Å². The second kappa shape index (κ2) is 5.36. The van der Waals surface area contributed by atoms with Crippen LogP contribution in [0.2, 0.25) is 0 Å². The van der Waals surface area contributed by atoms with Gasteiger partial charge in [-0.15, -0.1) is 6.58 Å². The number of phenols is 1. The van der Waals surface area contributed by atoms with Crippen LogP contribution >= 0.6 is 15.9 Å². The maximum absolute atomic E-state index is 9.81. The lowest BCUT2D eigenvalue weighted by Crippen LogP contribution is -1.94. The first kappa shape index (κ1) is 12.3. The zero-order valence-electron chi connectivity index (χ0n) is 9.26. The molecule has 1 atom stereocenters. The number of aromatic hydroxyl groups is 1. The Bertz CT molecular complexity index is 358. The van der Waals surface area contributed by atoms with Crippen molar-refractivity contribution in [1.82, 2.24) is 0 Å². The summed E-state index contributed by atoms with van der Waals surface area (Å²) in [6.45, 7) is 8.05. The molecule has 0 saturated carbocycles. The molecule has 0 saturated heterocycles. The highest BCUT2D eigenvalue weighted by Gasteiger charge is 2.10. The first-order chi connectivity index (χ1) is 7.10. The van der Waals surface area contributed by atoms with Crippen molar-refractivity contribution in [2.45, 2.75) is 32.6 Å². The van der Waals surface area contributed by atoms with Gasteiger partial charge in [-0.3, -0.25) is 0 Å². The summed E-state index contributed by atoms with van der Waals surface area (Å²) in [6, 6.07) is 4.06. The van der Waals surface area contributed by atoms with Crippen molar-refractivity contribution in [1.29, 1.82) is 0 Å².